The molecule has 3 rings (SSSR count). The van der Waals surface area contributed by atoms with E-state index < -0.39 is 0 Å². The van der Waals surface area contributed by atoms with Crippen LogP contribution in [0.15, 0.2) is 36.9 Å². The zero-order valence-corrected chi connectivity index (χ0v) is 17.1. The van der Waals surface area contributed by atoms with Crippen LogP contribution in [0.3, 0.4) is 0 Å². The highest BCUT2D eigenvalue weighted by atomic mass is 16.5. The van der Waals surface area contributed by atoms with Gasteiger partial charge in [-0.1, -0.05) is 31.6 Å². The van der Waals surface area contributed by atoms with E-state index in [1.807, 2.05) is 23.1 Å². The van der Waals surface area contributed by atoms with E-state index in [0.29, 0.717) is 44.3 Å². The maximum Gasteiger partial charge on any atom is 0.246 e. The largest absolute Gasteiger partial charge is 0.493 e. The van der Waals surface area contributed by atoms with E-state index in [2.05, 4.69) is 6.58 Å². The van der Waals surface area contributed by atoms with Crippen molar-refractivity contribution in [2.45, 2.75) is 25.7 Å². The van der Waals surface area contributed by atoms with Crippen molar-refractivity contribution < 1.29 is 19.1 Å². The van der Waals surface area contributed by atoms with Crippen LogP contribution in [0.5, 0.6) is 11.5 Å². The van der Waals surface area contributed by atoms with Crippen LogP contribution in [0.2, 0.25) is 0 Å². The molecule has 0 radical (unpaired) electrons. The lowest BCUT2D eigenvalue weighted by Crippen LogP contribution is -2.51. The van der Waals surface area contributed by atoms with Gasteiger partial charge >= 0.3 is 0 Å². The first-order valence-corrected chi connectivity index (χ1v) is 10.3. The van der Waals surface area contributed by atoms with E-state index in [1.165, 1.54) is 0 Å². The number of methoxy groups -OCH3 is 1. The van der Waals surface area contributed by atoms with Gasteiger partial charge in [0.25, 0.3) is 0 Å². The molecule has 6 nitrogen and oxygen atoms in total. The fraction of sp³-hybridized carbons (Fsp3) is 0.478. The fourth-order valence-electron chi connectivity index (χ4n) is 3.91. The van der Waals surface area contributed by atoms with Crippen molar-refractivity contribution in [1.82, 2.24) is 9.80 Å². The second kappa shape index (κ2) is 10.1. The summed E-state index contributed by atoms with van der Waals surface area (Å²) in [6, 6.07) is 5.53. The first kappa shape index (κ1) is 21.0. The Morgan fingerprint density at radius 3 is 2.45 bits per heavy atom. The molecule has 2 aliphatic rings. The zero-order chi connectivity index (χ0) is 20.6. The molecule has 0 N–H and O–H groups in total. The van der Waals surface area contributed by atoms with Crippen molar-refractivity contribution in [2.75, 3.05) is 39.9 Å². The quantitative estimate of drug-likeness (QED) is 0.523. The summed E-state index contributed by atoms with van der Waals surface area (Å²) in [7, 11) is 1.58. The van der Waals surface area contributed by atoms with E-state index in [0.717, 1.165) is 31.2 Å². The van der Waals surface area contributed by atoms with Crippen LogP contribution in [0.1, 0.15) is 31.2 Å². The highest BCUT2D eigenvalue weighted by Gasteiger charge is 2.30. The summed E-state index contributed by atoms with van der Waals surface area (Å²) in [6.45, 7) is 6.45. The van der Waals surface area contributed by atoms with Gasteiger partial charge in [-0.3, -0.25) is 9.59 Å². The third kappa shape index (κ3) is 5.40. The summed E-state index contributed by atoms with van der Waals surface area (Å²) >= 11 is 0. The number of amides is 2. The lowest BCUT2D eigenvalue weighted by Gasteiger charge is -2.35. The second-order valence-electron chi connectivity index (χ2n) is 7.48. The van der Waals surface area contributed by atoms with Gasteiger partial charge in [-0.05, 0) is 36.6 Å². The van der Waals surface area contributed by atoms with E-state index >= 15 is 0 Å². The SMILES string of the molecule is C=CCOc1ccc(/C=C/C(=O)N2CCN(C(=O)C3CCCC3)CC2)cc1OC. The predicted molar refractivity (Wildman–Crippen MR) is 113 cm³/mol. The standard InChI is InChI=1S/C23H30N2O4/c1-3-16-29-20-10-8-18(17-21(20)28-2)9-11-22(26)24-12-14-25(15-13-24)23(27)19-6-4-5-7-19/h3,8-11,17,19H,1,4-7,12-16H2,2H3/b11-9+. The molecule has 0 atom stereocenters. The maximum absolute atomic E-state index is 12.5. The molecule has 1 saturated carbocycles. The van der Waals surface area contributed by atoms with Gasteiger partial charge in [-0.15, -0.1) is 0 Å². The van der Waals surface area contributed by atoms with Gasteiger partial charge in [-0.25, -0.2) is 0 Å². The highest BCUT2D eigenvalue weighted by Crippen LogP contribution is 2.29. The Morgan fingerprint density at radius 2 is 1.79 bits per heavy atom. The molecule has 156 valence electrons. The monoisotopic (exact) mass is 398 g/mol. The van der Waals surface area contributed by atoms with Gasteiger partial charge in [0.15, 0.2) is 11.5 Å². The van der Waals surface area contributed by atoms with Crippen LogP contribution in [-0.2, 0) is 9.59 Å². The third-order valence-electron chi connectivity index (χ3n) is 5.57. The number of benzene rings is 1. The molecule has 0 bridgehead atoms. The molecular formula is C23H30N2O4. The van der Waals surface area contributed by atoms with Crippen molar-refractivity contribution in [1.29, 1.82) is 0 Å². The molecule has 1 saturated heterocycles. The molecule has 1 heterocycles. The summed E-state index contributed by atoms with van der Waals surface area (Å²) in [5.74, 6) is 1.69. The van der Waals surface area contributed by atoms with E-state index in [4.69, 9.17) is 9.47 Å². The van der Waals surface area contributed by atoms with Crippen LogP contribution in [-0.4, -0.2) is 61.5 Å². The van der Waals surface area contributed by atoms with Gasteiger partial charge in [0.1, 0.15) is 6.61 Å². The Hall–Kier alpha value is -2.76. The summed E-state index contributed by atoms with van der Waals surface area (Å²) in [5, 5.41) is 0. The Labute approximate surface area is 172 Å². The minimum absolute atomic E-state index is 0.0380. The van der Waals surface area contributed by atoms with E-state index in [1.54, 1.807) is 30.2 Å². The average Bonchev–Trinajstić information content (AvgIpc) is 3.30. The number of hydrogen-bond donors (Lipinski definition) is 0. The number of rotatable bonds is 7. The molecule has 0 spiro atoms. The molecule has 0 aromatic heterocycles. The normalized spacial score (nSPS) is 17.6. The fourth-order valence-corrected chi connectivity index (χ4v) is 3.91. The number of carbonyl (C=O) groups excluding carboxylic acids is 2. The minimum atomic E-state index is -0.0380. The predicted octanol–water partition coefficient (Wildman–Crippen LogP) is 3.13. The second-order valence-corrected chi connectivity index (χ2v) is 7.48. The van der Waals surface area contributed by atoms with Crippen LogP contribution in [0, 0.1) is 5.92 Å². The van der Waals surface area contributed by atoms with Crippen molar-refractivity contribution in [2.24, 2.45) is 5.92 Å². The van der Waals surface area contributed by atoms with Gasteiger partial charge in [0.05, 0.1) is 7.11 Å². The first-order chi connectivity index (χ1) is 14.1. The lowest BCUT2D eigenvalue weighted by atomic mass is 10.1. The van der Waals surface area contributed by atoms with E-state index in [-0.39, 0.29) is 17.7 Å². The number of piperazine rings is 1. The first-order valence-electron chi connectivity index (χ1n) is 10.3. The highest BCUT2D eigenvalue weighted by molar-refractivity contribution is 5.92. The lowest BCUT2D eigenvalue weighted by molar-refractivity contribution is -0.140. The average molecular weight is 399 g/mol. The van der Waals surface area contributed by atoms with Crippen LogP contribution < -0.4 is 9.47 Å². The molecule has 1 aromatic rings. The van der Waals surface area contributed by atoms with Gasteiger partial charge < -0.3 is 19.3 Å². The molecular weight excluding hydrogens is 368 g/mol. The Balaban J connectivity index is 1.53. The zero-order valence-electron chi connectivity index (χ0n) is 17.1. The molecule has 6 heteroatoms. The van der Waals surface area contributed by atoms with Crippen molar-refractivity contribution in [3.63, 3.8) is 0 Å². The number of carbonyl (C=O) groups is 2. The summed E-state index contributed by atoms with van der Waals surface area (Å²) in [6.07, 6.45) is 9.37. The Morgan fingerprint density at radius 1 is 1.10 bits per heavy atom. The van der Waals surface area contributed by atoms with Crippen LogP contribution in [0.25, 0.3) is 6.08 Å². The maximum atomic E-state index is 12.5. The summed E-state index contributed by atoms with van der Waals surface area (Å²) < 4.78 is 10.9. The Bertz CT molecular complexity index is 760. The number of ether oxygens (including phenoxy) is 2. The number of hydrogen-bond acceptors (Lipinski definition) is 4. The summed E-state index contributed by atoms with van der Waals surface area (Å²) in [5.41, 5.74) is 0.858. The topological polar surface area (TPSA) is 59.1 Å². The Kier molecular flexibility index (Phi) is 7.33. The third-order valence-corrected chi connectivity index (χ3v) is 5.57. The van der Waals surface area contributed by atoms with Gasteiger partial charge in [-0.2, -0.15) is 0 Å². The van der Waals surface area contributed by atoms with E-state index in [9.17, 15) is 9.59 Å². The van der Waals surface area contributed by atoms with Crippen molar-refractivity contribution >= 4 is 17.9 Å². The van der Waals surface area contributed by atoms with Crippen molar-refractivity contribution in [3.8, 4) is 11.5 Å². The molecule has 2 amide bonds. The smallest absolute Gasteiger partial charge is 0.246 e. The summed E-state index contributed by atoms with van der Waals surface area (Å²) in [4.78, 5) is 28.8. The minimum Gasteiger partial charge on any atom is -0.493 e. The van der Waals surface area contributed by atoms with Crippen LogP contribution >= 0.6 is 0 Å². The molecule has 1 aliphatic heterocycles. The molecule has 2 fully saturated rings. The van der Waals surface area contributed by atoms with Gasteiger partial charge in [0.2, 0.25) is 11.8 Å². The molecule has 1 aliphatic carbocycles. The van der Waals surface area contributed by atoms with Gasteiger partial charge in [0, 0.05) is 38.2 Å². The van der Waals surface area contributed by atoms with Crippen LogP contribution in [0.4, 0.5) is 0 Å². The molecule has 29 heavy (non-hydrogen) atoms. The van der Waals surface area contributed by atoms with Crippen molar-refractivity contribution in [3.05, 3.63) is 42.5 Å². The number of nitrogens with zero attached hydrogens (tertiary/aromatic N) is 2. The molecule has 0 unspecified atom stereocenters. The molecule has 1 aromatic carbocycles.